The zero-order valence-corrected chi connectivity index (χ0v) is 15.9. The molecular formula is C22H24N4O2. The van der Waals surface area contributed by atoms with Gasteiger partial charge in [0, 0.05) is 62.5 Å². The molecule has 6 nitrogen and oxygen atoms in total. The molecule has 0 bridgehead atoms. The van der Waals surface area contributed by atoms with Crippen LogP contribution in [0, 0.1) is 0 Å². The first-order valence-electron chi connectivity index (χ1n) is 9.51. The number of hydrogen-bond acceptors (Lipinski definition) is 5. The minimum atomic E-state index is -0.140. The monoisotopic (exact) mass is 376 g/mol. The van der Waals surface area contributed by atoms with Crippen LogP contribution in [0.15, 0.2) is 54.7 Å². The maximum absolute atomic E-state index is 11.6. The molecule has 0 unspecified atom stereocenters. The van der Waals surface area contributed by atoms with E-state index in [0.717, 1.165) is 37.1 Å². The fourth-order valence-electron chi connectivity index (χ4n) is 3.74. The third-order valence-electron chi connectivity index (χ3n) is 5.14. The molecule has 2 N–H and O–H groups in total. The number of para-hydroxylation sites is 1. The number of phenols is 1. The molecule has 1 amide bonds. The molecule has 0 radical (unpaired) electrons. The number of carbonyl (C=O) groups excluding carboxylic acids is 1. The summed E-state index contributed by atoms with van der Waals surface area (Å²) in [5.41, 5.74) is 3.23. The number of rotatable bonds is 4. The fourth-order valence-corrected chi connectivity index (χ4v) is 3.74. The van der Waals surface area contributed by atoms with Crippen molar-refractivity contribution in [2.45, 2.75) is 13.5 Å². The molecule has 2 aromatic carbocycles. The number of fused-ring (bicyclic) bond motifs is 1. The number of pyridine rings is 1. The number of anilines is 2. The van der Waals surface area contributed by atoms with Gasteiger partial charge in [-0.25, -0.2) is 0 Å². The van der Waals surface area contributed by atoms with Crippen molar-refractivity contribution in [3.8, 4) is 5.75 Å². The van der Waals surface area contributed by atoms with Gasteiger partial charge in [0.1, 0.15) is 11.3 Å². The number of nitrogens with zero attached hydrogens (tertiary/aromatic N) is 3. The van der Waals surface area contributed by atoms with E-state index in [2.05, 4.69) is 44.4 Å². The molecule has 6 heteroatoms. The largest absolute Gasteiger partial charge is 0.505 e. The summed E-state index contributed by atoms with van der Waals surface area (Å²) >= 11 is 0. The molecule has 0 aliphatic carbocycles. The highest BCUT2D eigenvalue weighted by Gasteiger charge is 2.20. The van der Waals surface area contributed by atoms with E-state index in [1.165, 1.54) is 12.6 Å². The quantitative estimate of drug-likeness (QED) is 0.685. The molecule has 28 heavy (non-hydrogen) atoms. The number of benzene rings is 2. The highest BCUT2D eigenvalue weighted by molar-refractivity contribution is 6.02. The number of amides is 1. The number of phenolic OH excluding ortho intramolecular Hbond substituents is 1. The van der Waals surface area contributed by atoms with E-state index in [4.69, 9.17) is 0 Å². The van der Waals surface area contributed by atoms with Gasteiger partial charge < -0.3 is 15.3 Å². The number of hydrogen-bond donors (Lipinski definition) is 2. The molecule has 0 atom stereocenters. The molecule has 1 aromatic heterocycles. The Labute approximate surface area is 164 Å². The first-order chi connectivity index (χ1) is 13.6. The molecule has 1 aliphatic rings. The average Bonchev–Trinajstić information content (AvgIpc) is 2.72. The Morgan fingerprint density at radius 1 is 1.11 bits per heavy atom. The summed E-state index contributed by atoms with van der Waals surface area (Å²) in [5.74, 6) is 0.0495. The molecule has 4 rings (SSSR count). The van der Waals surface area contributed by atoms with Crippen LogP contribution in [0.4, 0.5) is 11.4 Å². The van der Waals surface area contributed by atoms with Gasteiger partial charge in [-0.3, -0.25) is 14.7 Å². The van der Waals surface area contributed by atoms with Gasteiger partial charge in [0.25, 0.3) is 0 Å². The third-order valence-corrected chi connectivity index (χ3v) is 5.14. The summed E-state index contributed by atoms with van der Waals surface area (Å²) < 4.78 is 0. The predicted octanol–water partition coefficient (Wildman–Crippen LogP) is 3.22. The Bertz CT molecular complexity index is 982. The normalized spacial score (nSPS) is 15.0. The second-order valence-electron chi connectivity index (χ2n) is 7.11. The summed E-state index contributed by atoms with van der Waals surface area (Å²) in [6.07, 6.45) is 1.65. The Kier molecular flexibility index (Phi) is 5.12. The van der Waals surface area contributed by atoms with Crippen molar-refractivity contribution in [3.05, 3.63) is 60.3 Å². The number of aromatic hydroxyl groups is 1. The van der Waals surface area contributed by atoms with Gasteiger partial charge in [-0.05, 0) is 30.3 Å². The van der Waals surface area contributed by atoms with Gasteiger partial charge in [0.15, 0.2) is 0 Å². The molecule has 3 aromatic rings. The highest BCUT2D eigenvalue weighted by Crippen LogP contribution is 2.34. The topological polar surface area (TPSA) is 68.7 Å². The summed E-state index contributed by atoms with van der Waals surface area (Å²) in [6, 6.07) is 15.9. The van der Waals surface area contributed by atoms with Crippen LogP contribution in [0.2, 0.25) is 0 Å². The molecule has 1 fully saturated rings. The van der Waals surface area contributed by atoms with Crippen LogP contribution in [0.1, 0.15) is 12.5 Å². The lowest BCUT2D eigenvalue weighted by atomic mass is 10.1. The zero-order valence-electron chi connectivity index (χ0n) is 15.9. The van der Waals surface area contributed by atoms with E-state index in [-0.39, 0.29) is 11.7 Å². The highest BCUT2D eigenvalue weighted by atomic mass is 16.3. The van der Waals surface area contributed by atoms with Crippen LogP contribution < -0.4 is 10.2 Å². The molecule has 1 aliphatic heterocycles. The van der Waals surface area contributed by atoms with Crippen LogP contribution in [-0.2, 0) is 11.3 Å². The van der Waals surface area contributed by atoms with Crippen LogP contribution in [0.5, 0.6) is 5.75 Å². The number of aromatic nitrogens is 1. The average molecular weight is 376 g/mol. The van der Waals surface area contributed by atoms with Crippen molar-refractivity contribution in [2.75, 3.05) is 36.4 Å². The third kappa shape index (κ3) is 3.77. The molecular weight excluding hydrogens is 352 g/mol. The van der Waals surface area contributed by atoms with E-state index in [9.17, 15) is 9.90 Å². The van der Waals surface area contributed by atoms with Crippen LogP contribution in [-0.4, -0.2) is 47.1 Å². The minimum absolute atomic E-state index is 0.140. The van der Waals surface area contributed by atoms with Gasteiger partial charge in [0.2, 0.25) is 5.91 Å². The lowest BCUT2D eigenvalue weighted by molar-refractivity contribution is -0.114. The molecule has 1 saturated heterocycles. The number of nitrogens with one attached hydrogen (secondary N) is 1. The van der Waals surface area contributed by atoms with Gasteiger partial charge in [-0.2, -0.15) is 0 Å². The molecule has 2 heterocycles. The zero-order chi connectivity index (χ0) is 19.5. The van der Waals surface area contributed by atoms with E-state index in [1.54, 1.807) is 12.3 Å². The van der Waals surface area contributed by atoms with Gasteiger partial charge in [-0.15, -0.1) is 0 Å². The standard InChI is InChI=1S/C22H24N4O2/c1-16(27)24-20-14-17(22(28)21-19(20)8-5-9-23-21)15-25-10-12-26(13-11-25)18-6-3-2-4-7-18/h2-9,14,28H,10-13,15H2,1H3,(H,24,27). The lowest BCUT2D eigenvalue weighted by Crippen LogP contribution is -2.45. The van der Waals surface area contributed by atoms with E-state index in [0.29, 0.717) is 17.7 Å². The summed E-state index contributed by atoms with van der Waals surface area (Å²) in [4.78, 5) is 20.6. The Balaban J connectivity index is 1.53. The maximum Gasteiger partial charge on any atom is 0.221 e. The van der Waals surface area contributed by atoms with Crippen molar-refractivity contribution in [1.29, 1.82) is 0 Å². The van der Waals surface area contributed by atoms with Crippen molar-refractivity contribution in [3.63, 3.8) is 0 Å². The van der Waals surface area contributed by atoms with Crippen LogP contribution >= 0.6 is 0 Å². The summed E-state index contributed by atoms with van der Waals surface area (Å²) in [7, 11) is 0. The van der Waals surface area contributed by atoms with Gasteiger partial charge in [-0.1, -0.05) is 18.2 Å². The van der Waals surface area contributed by atoms with E-state index in [1.807, 2.05) is 18.2 Å². The maximum atomic E-state index is 11.6. The molecule has 144 valence electrons. The smallest absolute Gasteiger partial charge is 0.221 e. The van der Waals surface area contributed by atoms with Crippen LogP contribution in [0.25, 0.3) is 10.9 Å². The van der Waals surface area contributed by atoms with Crippen molar-refractivity contribution in [1.82, 2.24) is 9.88 Å². The van der Waals surface area contributed by atoms with Crippen LogP contribution in [0.3, 0.4) is 0 Å². The SMILES string of the molecule is CC(=O)Nc1cc(CN2CCN(c3ccccc3)CC2)c(O)c2ncccc12. The molecule has 0 spiro atoms. The predicted molar refractivity (Wildman–Crippen MR) is 112 cm³/mol. The van der Waals surface area contributed by atoms with Gasteiger partial charge in [0.05, 0.1) is 5.69 Å². The lowest BCUT2D eigenvalue weighted by Gasteiger charge is -2.36. The Morgan fingerprint density at radius 2 is 1.86 bits per heavy atom. The van der Waals surface area contributed by atoms with Crippen molar-refractivity contribution >= 4 is 28.2 Å². The Hall–Kier alpha value is -3.12. The van der Waals surface area contributed by atoms with Crippen molar-refractivity contribution in [2.24, 2.45) is 0 Å². The van der Waals surface area contributed by atoms with Gasteiger partial charge >= 0.3 is 0 Å². The van der Waals surface area contributed by atoms with E-state index < -0.39 is 0 Å². The number of carbonyl (C=O) groups is 1. The first-order valence-corrected chi connectivity index (χ1v) is 9.51. The summed E-state index contributed by atoms with van der Waals surface area (Å²) in [5, 5.41) is 14.4. The fraction of sp³-hybridized carbons (Fsp3) is 0.273. The second-order valence-corrected chi connectivity index (χ2v) is 7.11. The summed E-state index contributed by atoms with van der Waals surface area (Å²) in [6.45, 7) is 5.80. The van der Waals surface area contributed by atoms with E-state index >= 15 is 0 Å². The second kappa shape index (κ2) is 7.86. The first kappa shape index (κ1) is 18.3. The molecule has 0 saturated carbocycles. The van der Waals surface area contributed by atoms with Crippen molar-refractivity contribution < 1.29 is 9.90 Å². The number of piperazine rings is 1. The Morgan fingerprint density at radius 3 is 2.57 bits per heavy atom. The minimum Gasteiger partial charge on any atom is -0.505 e.